The van der Waals surface area contributed by atoms with Crippen LogP contribution in [-0.4, -0.2) is 30.1 Å². The molecule has 1 aliphatic heterocycles. The Hall–Kier alpha value is -4.58. The monoisotopic (exact) mass is 548 g/mol. The van der Waals surface area contributed by atoms with Crippen LogP contribution in [0.1, 0.15) is 71.1 Å². The van der Waals surface area contributed by atoms with Gasteiger partial charge in [-0.15, -0.1) is 0 Å². The van der Waals surface area contributed by atoms with Crippen molar-refractivity contribution < 1.29 is 19.4 Å². The van der Waals surface area contributed by atoms with E-state index in [0.717, 1.165) is 28.9 Å². The van der Waals surface area contributed by atoms with Gasteiger partial charge >= 0.3 is 5.97 Å². The first-order valence-electron chi connectivity index (χ1n) is 13.9. The Bertz CT molecular complexity index is 1550. The molecule has 2 N–H and O–H groups in total. The lowest BCUT2D eigenvalue weighted by Crippen LogP contribution is -2.32. The number of fused-ring (bicyclic) bond motifs is 1. The maximum absolute atomic E-state index is 13.1. The first-order valence-corrected chi connectivity index (χ1v) is 13.9. The molecule has 1 unspecified atom stereocenters. The van der Waals surface area contributed by atoms with Gasteiger partial charge in [0, 0.05) is 12.1 Å². The summed E-state index contributed by atoms with van der Waals surface area (Å²) < 4.78 is 5.95. The molecule has 1 aliphatic rings. The third-order valence-electron chi connectivity index (χ3n) is 7.60. The molecule has 0 fully saturated rings. The zero-order chi connectivity index (χ0) is 29.1. The van der Waals surface area contributed by atoms with E-state index in [2.05, 4.69) is 55.3 Å². The molecule has 0 radical (unpaired) electrons. The molecule has 1 atom stereocenters. The molecule has 1 amide bonds. The van der Waals surface area contributed by atoms with Crippen molar-refractivity contribution in [1.29, 1.82) is 0 Å². The van der Waals surface area contributed by atoms with Crippen LogP contribution in [0.2, 0.25) is 0 Å². The minimum Gasteiger partial charge on any atom is -0.490 e. The van der Waals surface area contributed by atoms with Gasteiger partial charge in [0.05, 0.1) is 23.8 Å². The number of hydrogen-bond acceptors (Lipinski definition) is 4. The summed E-state index contributed by atoms with van der Waals surface area (Å²) in [5.74, 6) is -0.386. The predicted octanol–water partition coefficient (Wildman–Crippen LogP) is 7.24. The molecule has 4 aromatic rings. The number of hydrogen-bond donors (Lipinski definition) is 2. The number of carbonyl (C=O) groups excluding carboxylic acids is 1. The highest BCUT2D eigenvalue weighted by Gasteiger charge is 2.22. The summed E-state index contributed by atoms with van der Waals surface area (Å²) in [6.07, 6.45) is 0. The van der Waals surface area contributed by atoms with Crippen molar-refractivity contribution in [2.45, 2.75) is 45.7 Å². The normalized spacial score (nSPS) is 13.6. The Balaban J connectivity index is 1.27. The fourth-order valence-electron chi connectivity index (χ4n) is 5.15. The van der Waals surface area contributed by atoms with Crippen LogP contribution in [0.5, 0.6) is 5.75 Å². The minimum atomic E-state index is -0.938. The number of benzene rings is 4. The maximum atomic E-state index is 13.1. The molecule has 0 saturated heterocycles. The van der Waals surface area contributed by atoms with Gasteiger partial charge in [0.2, 0.25) is 0 Å². The van der Waals surface area contributed by atoms with E-state index in [1.165, 1.54) is 5.56 Å². The van der Waals surface area contributed by atoms with E-state index in [-0.39, 0.29) is 22.9 Å². The lowest BCUT2D eigenvalue weighted by atomic mass is 9.86. The molecule has 41 heavy (non-hydrogen) atoms. The van der Waals surface area contributed by atoms with Crippen molar-refractivity contribution in [2.24, 2.45) is 0 Å². The second kappa shape index (κ2) is 11.5. The van der Waals surface area contributed by atoms with Gasteiger partial charge in [-0.05, 0) is 64.4 Å². The van der Waals surface area contributed by atoms with Crippen LogP contribution in [-0.2, 0) is 12.0 Å². The Morgan fingerprint density at radius 3 is 2.34 bits per heavy atom. The fourth-order valence-corrected chi connectivity index (χ4v) is 5.15. The second-order valence-electron chi connectivity index (χ2n) is 11.6. The first-order chi connectivity index (χ1) is 19.6. The Kier molecular flexibility index (Phi) is 7.84. The Morgan fingerprint density at radius 1 is 0.951 bits per heavy atom. The van der Waals surface area contributed by atoms with Crippen molar-refractivity contribution in [3.8, 4) is 16.9 Å². The van der Waals surface area contributed by atoms with E-state index in [9.17, 15) is 14.7 Å². The molecule has 1 heterocycles. The van der Waals surface area contributed by atoms with Gasteiger partial charge in [-0.25, -0.2) is 4.79 Å². The minimum absolute atomic E-state index is 0.0830. The van der Waals surface area contributed by atoms with Gasteiger partial charge in [0.15, 0.2) is 0 Å². The molecule has 0 aromatic heterocycles. The molecule has 0 saturated carbocycles. The lowest BCUT2D eigenvalue weighted by molar-refractivity contribution is 0.0697. The van der Waals surface area contributed by atoms with Crippen molar-refractivity contribution >= 4 is 17.6 Å². The predicted molar refractivity (Wildman–Crippen MR) is 163 cm³/mol. The van der Waals surface area contributed by atoms with Crippen LogP contribution in [0.15, 0.2) is 91.0 Å². The molecule has 210 valence electrons. The quantitative estimate of drug-likeness (QED) is 0.255. The third-order valence-corrected chi connectivity index (χ3v) is 7.60. The van der Waals surface area contributed by atoms with E-state index in [0.29, 0.717) is 30.0 Å². The number of ether oxygens (including phenoxy) is 1. The van der Waals surface area contributed by atoms with E-state index in [1.807, 2.05) is 61.5 Å². The molecule has 0 spiro atoms. The van der Waals surface area contributed by atoms with Crippen LogP contribution in [0.3, 0.4) is 0 Å². The molecule has 0 bridgehead atoms. The van der Waals surface area contributed by atoms with Crippen molar-refractivity contribution in [2.75, 3.05) is 18.1 Å². The first kappa shape index (κ1) is 28.0. The summed E-state index contributed by atoms with van der Waals surface area (Å²) in [5, 5.41) is 12.6. The maximum Gasteiger partial charge on any atom is 0.336 e. The topological polar surface area (TPSA) is 78.9 Å². The summed E-state index contributed by atoms with van der Waals surface area (Å²) >= 11 is 0. The van der Waals surface area contributed by atoms with E-state index in [4.69, 9.17) is 4.74 Å². The van der Waals surface area contributed by atoms with Gasteiger partial charge in [-0.2, -0.15) is 0 Å². The van der Waals surface area contributed by atoms with Gasteiger partial charge in [0.1, 0.15) is 12.4 Å². The van der Waals surface area contributed by atoms with Gasteiger partial charge in [0.25, 0.3) is 5.91 Å². The average Bonchev–Trinajstić information content (AvgIpc) is 2.97. The number of aromatic carboxylic acids is 1. The van der Waals surface area contributed by atoms with Gasteiger partial charge in [-0.3, -0.25) is 4.79 Å². The second-order valence-corrected chi connectivity index (χ2v) is 11.6. The van der Waals surface area contributed by atoms with Crippen molar-refractivity contribution in [3.05, 3.63) is 119 Å². The number of nitrogens with one attached hydrogen (secondary N) is 1. The van der Waals surface area contributed by atoms with Crippen molar-refractivity contribution in [3.63, 3.8) is 0 Å². The standard InChI is InChI=1S/C35H36N2O4/c1-23(25-13-16-28(17-14-25)35(2,3)4)36-33(38)27-15-18-31-32(21-27)41-20-19-37(31)22-24-9-11-26(12-10-24)29-7-5-6-8-30(29)34(39)40/h5-18,21,23H,19-20,22H2,1-4H3,(H,36,38)(H,39,40). The molecule has 0 aliphatic carbocycles. The zero-order valence-electron chi connectivity index (χ0n) is 24.0. The summed E-state index contributed by atoms with van der Waals surface area (Å²) in [4.78, 5) is 27.0. The Morgan fingerprint density at radius 2 is 1.66 bits per heavy atom. The van der Waals surface area contributed by atoms with Crippen LogP contribution in [0.4, 0.5) is 5.69 Å². The molecule has 4 aromatic carbocycles. The highest BCUT2D eigenvalue weighted by molar-refractivity contribution is 5.96. The van der Waals surface area contributed by atoms with Crippen LogP contribution >= 0.6 is 0 Å². The number of nitrogens with zero attached hydrogens (tertiary/aromatic N) is 1. The SMILES string of the molecule is CC(NC(=O)c1ccc2c(c1)OCCN2Cc1ccc(-c2ccccc2C(=O)O)cc1)c1ccc(C(C)(C)C)cc1. The van der Waals surface area contributed by atoms with E-state index in [1.54, 1.807) is 12.1 Å². The zero-order valence-corrected chi connectivity index (χ0v) is 24.0. The highest BCUT2D eigenvalue weighted by atomic mass is 16.5. The summed E-state index contributed by atoms with van der Waals surface area (Å²) in [6.45, 7) is 10.5. The number of amides is 1. The third kappa shape index (κ3) is 6.27. The summed E-state index contributed by atoms with van der Waals surface area (Å²) in [7, 11) is 0. The van der Waals surface area contributed by atoms with Gasteiger partial charge in [-0.1, -0.05) is 87.5 Å². The average molecular weight is 549 g/mol. The fraction of sp³-hybridized carbons (Fsp3) is 0.257. The van der Waals surface area contributed by atoms with E-state index >= 15 is 0 Å². The molecule has 5 rings (SSSR count). The smallest absolute Gasteiger partial charge is 0.336 e. The molecular formula is C35H36N2O4. The van der Waals surface area contributed by atoms with Crippen LogP contribution in [0, 0.1) is 0 Å². The van der Waals surface area contributed by atoms with Crippen molar-refractivity contribution in [1.82, 2.24) is 5.32 Å². The number of carboxylic acid groups (broad SMARTS) is 1. The molecule has 6 heteroatoms. The van der Waals surface area contributed by atoms with Gasteiger partial charge < -0.3 is 20.1 Å². The number of anilines is 1. The molecule has 6 nitrogen and oxygen atoms in total. The van der Waals surface area contributed by atoms with Crippen LogP contribution in [0.25, 0.3) is 11.1 Å². The highest BCUT2D eigenvalue weighted by Crippen LogP contribution is 2.34. The number of carbonyl (C=O) groups is 2. The largest absolute Gasteiger partial charge is 0.490 e. The summed E-state index contributed by atoms with van der Waals surface area (Å²) in [5.41, 5.74) is 6.86. The van der Waals surface area contributed by atoms with Crippen LogP contribution < -0.4 is 15.0 Å². The summed E-state index contributed by atoms with van der Waals surface area (Å²) in [6, 6.07) is 28.9. The van der Waals surface area contributed by atoms with E-state index < -0.39 is 5.97 Å². The lowest BCUT2D eigenvalue weighted by Gasteiger charge is -2.31. The number of rotatable bonds is 7. The molecular weight excluding hydrogens is 512 g/mol. The number of carboxylic acids is 1. The Labute approximate surface area is 241 Å².